The summed E-state index contributed by atoms with van der Waals surface area (Å²) in [6, 6.07) is 21.1. The van der Waals surface area contributed by atoms with E-state index in [0.29, 0.717) is 23.6 Å². The van der Waals surface area contributed by atoms with Crippen molar-refractivity contribution in [3.8, 4) is 22.6 Å². The van der Waals surface area contributed by atoms with Gasteiger partial charge in [0.2, 0.25) is 0 Å². The van der Waals surface area contributed by atoms with Crippen LogP contribution >= 0.6 is 0 Å². The fourth-order valence-corrected chi connectivity index (χ4v) is 3.22. The average molecular weight is 420 g/mol. The lowest BCUT2D eigenvalue weighted by molar-refractivity contribution is -0.384. The molecule has 0 N–H and O–H groups in total. The van der Waals surface area contributed by atoms with Crippen molar-refractivity contribution in [2.45, 2.75) is 19.6 Å². The topological polar surface area (TPSA) is 81.9 Å². The number of hydrogen-bond acceptors (Lipinski definition) is 5. The monoisotopic (exact) mass is 420 g/mol. The molecule has 0 radical (unpaired) electrons. The number of hydrogen-bond donors (Lipinski definition) is 0. The standard InChI is InChI=1S/C24H24N2O5/c1-17(24(27)25(2)16-18-7-5-4-6-8-18)31-23-14-11-20(26(28)29)15-22(23)19-9-12-21(30-3)13-10-19/h4-15,17H,16H2,1-3H3/t17-/m1/s1. The van der Waals surface area contributed by atoms with Crippen molar-refractivity contribution in [3.63, 3.8) is 0 Å². The van der Waals surface area contributed by atoms with Crippen LogP contribution in [0.2, 0.25) is 0 Å². The Labute approximate surface area is 181 Å². The van der Waals surface area contributed by atoms with E-state index in [2.05, 4.69) is 0 Å². The molecule has 0 saturated carbocycles. The number of nitro benzene ring substituents is 1. The van der Waals surface area contributed by atoms with Gasteiger partial charge in [-0.15, -0.1) is 0 Å². The smallest absolute Gasteiger partial charge is 0.270 e. The van der Waals surface area contributed by atoms with Crippen molar-refractivity contribution in [3.05, 3.63) is 88.5 Å². The molecule has 0 unspecified atom stereocenters. The van der Waals surface area contributed by atoms with Crippen LogP contribution in [0.15, 0.2) is 72.8 Å². The highest BCUT2D eigenvalue weighted by molar-refractivity contribution is 5.81. The molecule has 1 atom stereocenters. The number of carbonyl (C=O) groups is 1. The van der Waals surface area contributed by atoms with Crippen molar-refractivity contribution in [1.82, 2.24) is 4.90 Å². The van der Waals surface area contributed by atoms with Crippen LogP contribution in [0.25, 0.3) is 11.1 Å². The summed E-state index contributed by atoms with van der Waals surface area (Å²) in [6.45, 7) is 2.13. The maximum atomic E-state index is 12.8. The van der Waals surface area contributed by atoms with E-state index in [4.69, 9.17) is 9.47 Å². The number of carbonyl (C=O) groups excluding carboxylic acids is 1. The Bertz CT molecular complexity index is 1050. The highest BCUT2D eigenvalue weighted by Crippen LogP contribution is 2.35. The van der Waals surface area contributed by atoms with Crippen LogP contribution < -0.4 is 9.47 Å². The molecule has 0 aliphatic heterocycles. The zero-order chi connectivity index (χ0) is 22.4. The molecule has 1 amide bonds. The third-order valence-corrected chi connectivity index (χ3v) is 4.87. The van der Waals surface area contributed by atoms with Gasteiger partial charge in [0, 0.05) is 31.3 Å². The van der Waals surface area contributed by atoms with E-state index < -0.39 is 11.0 Å². The number of non-ortho nitro benzene ring substituents is 1. The largest absolute Gasteiger partial charge is 0.497 e. The molecule has 7 heteroatoms. The minimum Gasteiger partial charge on any atom is -0.497 e. The third kappa shape index (κ3) is 5.39. The van der Waals surface area contributed by atoms with Crippen molar-refractivity contribution in [1.29, 1.82) is 0 Å². The Morgan fingerprint density at radius 2 is 1.74 bits per heavy atom. The number of amides is 1. The molecular formula is C24H24N2O5. The number of rotatable bonds is 8. The van der Waals surface area contributed by atoms with Gasteiger partial charge < -0.3 is 14.4 Å². The number of benzene rings is 3. The molecule has 0 saturated heterocycles. The predicted octanol–water partition coefficient (Wildman–Crippen LogP) is 4.70. The first-order valence-corrected chi connectivity index (χ1v) is 9.77. The quantitative estimate of drug-likeness (QED) is 0.390. The first-order valence-electron chi connectivity index (χ1n) is 9.77. The normalized spacial score (nSPS) is 11.5. The maximum Gasteiger partial charge on any atom is 0.270 e. The summed E-state index contributed by atoms with van der Waals surface area (Å²) in [7, 11) is 3.28. The second kappa shape index (κ2) is 9.75. The van der Waals surface area contributed by atoms with Gasteiger partial charge in [-0.3, -0.25) is 14.9 Å². The lowest BCUT2D eigenvalue weighted by Gasteiger charge is -2.23. The first-order chi connectivity index (χ1) is 14.9. The van der Waals surface area contributed by atoms with Gasteiger partial charge in [-0.25, -0.2) is 0 Å². The summed E-state index contributed by atoms with van der Waals surface area (Å²) in [5, 5.41) is 11.3. The predicted molar refractivity (Wildman–Crippen MR) is 118 cm³/mol. The van der Waals surface area contributed by atoms with Crippen LogP contribution in [0.1, 0.15) is 12.5 Å². The van der Waals surface area contributed by atoms with E-state index in [1.807, 2.05) is 30.3 Å². The Morgan fingerprint density at radius 1 is 1.06 bits per heavy atom. The molecule has 160 valence electrons. The van der Waals surface area contributed by atoms with Gasteiger partial charge in [-0.1, -0.05) is 42.5 Å². The lowest BCUT2D eigenvalue weighted by Crippen LogP contribution is -2.37. The highest BCUT2D eigenvalue weighted by Gasteiger charge is 2.22. The van der Waals surface area contributed by atoms with E-state index in [1.165, 1.54) is 18.2 Å². The zero-order valence-corrected chi connectivity index (χ0v) is 17.6. The fourth-order valence-electron chi connectivity index (χ4n) is 3.22. The number of ether oxygens (including phenoxy) is 2. The zero-order valence-electron chi connectivity index (χ0n) is 17.6. The molecule has 0 fully saturated rings. The molecule has 0 bridgehead atoms. The molecule has 3 aromatic carbocycles. The first kappa shape index (κ1) is 21.8. The van der Waals surface area contributed by atoms with Crippen LogP contribution in [0.5, 0.6) is 11.5 Å². The third-order valence-electron chi connectivity index (χ3n) is 4.87. The van der Waals surface area contributed by atoms with Crippen LogP contribution in [-0.4, -0.2) is 36.0 Å². The van der Waals surface area contributed by atoms with Crippen molar-refractivity contribution in [2.75, 3.05) is 14.2 Å². The molecular weight excluding hydrogens is 396 g/mol. The van der Waals surface area contributed by atoms with Gasteiger partial charge in [0.25, 0.3) is 11.6 Å². The summed E-state index contributed by atoms with van der Waals surface area (Å²) in [5.74, 6) is 0.871. The Hall–Kier alpha value is -3.87. The summed E-state index contributed by atoms with van der Waals surface area (Å²) in [4.78, 5) is 25.2. The van der Waals surface area contributed by atoms with E-state index in [0.717, 1.165) is 11.1 Å². The summed E-state index contributed by atoms with van der Waals surface area (Å²) in [6.07, 6.45) is -0.771. The van der Waals surface area contributed by atoms with Gasteiger partial charge in [0.15, 0.2) is 6.10 Å². The van der Waals surface area contributed by atoms with E-state index in [1.54, 1.807) is 50.2 Å². The average Bonchev–Trinajstić information content (AvgIpc) is 2.79. The van der Waals surface area contributed by atoms with Gasteiger partial charge in [-0.05, 0) is 36.2 Å². The van der Waals surface area contributed by atoms with Crippen molar-refractivity contribution in [2.24, 2.45) is 0 Å². The SMILES string of the molecule is COc1ccc(-c2cc([N+](=O)[O-])ccc2O[C@H](C)C(=O)N(C)Cc2ccccc2)cc1. The van der Waals surface area contributed by atoms with Crippen LogP contribution in [0.4, 0.5) is 5.69 Å². The summed E-state index contributed by atoms with van der Waals surface area (Å²) >= 11 is 0. The minimum atomic E-state index is -0.771. The second-order valence-corrected chi connectivity index (χ2v) is 7.11. The molecule has 0 aliphatic rings. The van der Waals surface area contributed by atoms with E-state index in [-0.39, 0.29) is 11.6 Å². The number of methoxy groups -OCH3 is 1. The van der Waals surface area contributed by atoms with Gasteiger partial charge in [0.1, 0.15) is 11.5 Å². The lowest BCUT2D eigenvalue weighted by atomic mass is 10.0. The van der Waals surface area contributed by atoms with Crippen LogP contribution in [-0.2, 0) is 11.3 Å². The number of nitro groups is 1. The molecule has 0 spiro atoms. The van der Waals surface area contributed by atoms with E-state index >= 15 is 0 Å². The molecule has 0 aliphatic carbocycles. The molecule has 3 rings (SSSR count). The maximum absolute atomic E-state index is 12.8. The number of nitrogens with zero attached hydrogens (tertiary/aromatic N) is 2. The second-order valence-electron chi connectivity index (χ2n) is 7.11. The van der Waals surface area contributed by atoms with Gasteiger partial charge in [-0.2, -0.15) is 0 Å². The van der Waals surface area contributed by atoms with E-state index in [9.17, 15) is 14.9 Å². The van der Waals surface area contributed by atoms with Crippen molar-refractivity contribution < 1.29 is 19.2 Å². The van der Waals surface area contributed by atoms with Gasteiger partial charge in [0.05, 0.1) is 12.0 Å². The summed E-state index contributed by atoms with van der Waals surface area (Å²) < 4.78 is 11.1. The fraction of sp³-hybridized carbons (Fsp3) is 0.208. The molecule has 3 aromatic rings. The minimum absolute atomic E-state index is 0.0571. The van der Waals surface area contributed by atoms with Crippen molar-refractivity contribution >= 4 is 11.6 Å². The molecule has 31 heavy (non-hydrogen) atoms. The Balaban J connectivity index is 1.83. The molecule has 0 aromatic heterocycles. The molecule has 7 nitrogen and oxygen atoms in total. The Kier molecular flexibility index (Phi) is 6.87. The highest BCUT2D eigenvalue weighted by atomic mass is 16.6. The van der Waals surface area contributed by atoms with Gasteiger partial charge >= 0.3 is 0 Å². The molecule has 0 heterocycles. The number of likely N-dealkylation sites (N-methyl/N-ethyl adjacent to an activating group) is 1. The van der Waals surface area contributed by atoms with Crippen LogP contribution in [0.3, 0.4) is 0 Å². The van der Waals surface area contributed by atoms with Crippen LogP contribution in [0, 0.1) is 10.1 Å². The Morgan fingerprint density at radius 3 is 2.35 bits per heavy atom. The summed E-state index contributed by atoms with van der Waals surface area (Å²) in [5.41, 5.74) is 2.21.